The Morgan fingerprint density at radius 1 is 1.50 bits per heavy atom. The summed E-state index contributed by atoms with van der Waals surface area (Å²) in [5.41, 5.74) is 8.19. The molecule has 2 aromatic rings. The Morgan fingerprint density at radius 3 is 2.70 bits per heavy atom. The van der Waals surface area contributed by atoms with Gasteiger partial charge in [-0.3, -0.25) is 4.68 Å². The highest BCUT2D eigenvalue weighted by Gasteiger charge is 2.13. The van der Waals surface area contributed by atoms with Crippen LogP contribution in [0.1, 0.15) is 29.9 Å². The molecule has 0 spiro atoms. The van der Waals surface area contributed by atoms with Crippen LogP contribution in [-0.2, 0) is 13.7 Å². The van der Waals surface area contributed by atoms with Gasteiger partial charge in [-0.15, -0.1) is 0 Å². The Kier molecular flexibility index (Phi) is 4.45. The van der Waals surface area contributed by atoms with Crippen molar-refractivity contribution in [1.82, 2.24) is 9.78 Å². The zero-order valence-electron chi connectivity index (χ0n) is 11.7. The predicted molar refractivity (Wildman–Crippen MR) is 79.0 cm³/mol. The monoisotopic (exact) mass is 341 g/mol. The van der Waals surface area contributed by atoms with E-state index in [-0.39, 0.29) is 18.4 Å². The molecule has 108 valence electrons. The lowest BCUT2D eigenvalue weighted by atomic mass is 10.1. The van der Waals surface area contributed by atoms with Gasteiger partial charge in [0.2, 0.25) is 0 Å². The fraction of sp³-hybridized carbons (Fsp3) is 0.357. The first kappa shape index (κ1) is 15.0. The average Bonchev–Trinajstić information content (AvgIpc) is 2.62. The summed E-state index contributed by atoms with van der Waals surface area (Å²) in [5, 5.41) is 4.26. The van der Waals surface area contributed by atoms with E-state index in [1.165, 1.54) is 6.07 Å². The van der Waals surface area contributed by atoms with Gasteiger partial charge < -0.3 is 10.5 Å². The maximum atomic E-state index is 13.9. The summed E-state index contributed by atoms with van der Waals surface area (Å²) in [6, 6.07) is 4.58. The summed E-state index contributed by atoms with van der Waals surface area (Å²) in [7, 11) is 1.83. The number of hydrogen-bond donors (Lipinski definition) is 1. The van der Waals surface area contributed by atoms with Gasteiger partial charge in [0.05, 0.1) is 15.9 Å². The quantitative estimate of drug-likeness (QED) is 0.928. The van der Waals surface area contributed by atoms with Crippen LogP contribution in [0.25, 0.3) is 0 Å². The van der Waals surface area contributed by atoms with E-state index in [0.29, 0.717) is 0 Å². The van der Waals surface area contributed by atoms with E-state index >= 15 is 0 Å². The van der Waals surface area contributed by atoms with Crippen LogP contribution in [0.4, 0.5) is 4.39 Å². The van der Waals surface area contributed by atoms with E-state index in [0.717, 1.165) is 21.4 Å². The first-order valence-corrected chi connectivity index (χ1v) is 7.05. The highest BCUT2D eigenvalue weighted by atomic mass is 79.9. The number of benzene rings is 1. The molecule has 0 bridgehead atoms. The Labute approximate surface area is 125 Å². The van der Waals surface area contributed by atoms with Gasteiger partial charge in [0.15, 0.2) is 11.6 Å². The second-order valence-corrected chi connectivity index (χ2v) is 5.53. The standard InChI is InChI=1S/C14H17BrFN3O/c1-8(17)10-4-5-13(11(16)6-10)20-7-12-14(15)9(2)18-19(12)3/h4-6,8H,7,17H2,1-3H3/t8-/m1/s1. The van der Waals surface area contributed by atoms with E-state index in [1.54, 1.807) is 16.8 Å². The van der Waals surface area contributed by atoms with E-state index in [2.05, 4.69) is 21.0 Å². The predicted octanol–water partition coefficient (Wildman–Crippen LogP) is 3.23. The molecule has 20 heavy (non-hydrogen) atoms. The number of aromatic nitrogens is 2. The number of hydrogen-bond acceptors (Lipinski definition) is 3. The van der Waals surface area contributed by atoms with Gasteiger partial charge >= 0.3 is 0 Å². The first-order chi connectivity index (χ1) is 9.40. The number of halogens is 2. The van der Waals surface area contributed by atoms with E-state index in [1.807, 2.05) is 20.9 Å². The molecule has 0 aliphatic carbocycles. The third-order valence-electron chi connectivity index (χ3n) is 3.11. The molecule has 0 saturated heterocycles. The smallest absolute Gasteiger partial charge is 0.165 e. The van der Waals surface area contributed by atoms with Gasteiger partial charge in [0.25, 0.3) is 0 Å². The van der Waals surface area contributed by atoms with Crippen molar-refractivity contribution in [2.24, 2.45) is 12.8 Å². The van der Waals surface area contributed by atoms with Crippen molar-refractivity contribution < 1.29 is 9.13 Å². The molecule has 1 heterocycles. The fourth-order valence-electron chi connectivity index (χ4n) is 1.90. The average molecular weight is 342 g/mol. The lowest BCUT2D eigenvalue weighted by Gasteiger charge is -2.11. The van der Waals surface area contributed by atoms with Crippen LogP contribution >= 0.6 is 15.9 Å². The minimum atomic E-state index is -0.408. The molecule has 1 atom stereocenters. The molecule has 0 fully saturated rings. The zero-order chi connectivity index (χ0) is 14.9. The highest BCUT2D eigenvalue weighted by Crippen LogP contribution is 2.25. The van der Waals surface area contributed by atoms with Crippen molar-refractivity contribution >= 4 is 15.9 Å². The van der Waals surface area contributed by atoms with Crippen molar-refractivity contribution in [3.63, 3.8) is 0 Å². The molecule has 1 aromatic heterocycles. The van der Waals surface area contributed by atoms with E-state index < -0.39 is 5.82 Å². The lowest BCUT2D eigenvalue weighted by molar-refractivity contribution is 0.279. The molecule has 6 heteroatoms. The van der Waals surface area contributed by atoms with Gasteiger partial charge in [0.1, 0.15) is 6.61 Å². The highest BCUT2D eigenvalue weighted by molar-refractivity contribution is 9.10. The van der Waals surface area contributed by atoms with Crippen LogP contribution < -0.4 is 10.5 Å². The molecular weight excluding hydrogens is 325 g/mol. The van der Waals surface area contributed by atoms with Crippen molar-refractivity contribution in [2.75, 3.05) is 0 Å². The van der Waals surface area contributed by atoms with Gasteiger partial charge in [-0.2, -0.15) is 5.10 Å². The second kappa shape index (κ2) is 5.93. The summed E-state index contributed by atoms with van der Waals surface area (Å²) < 4.78 is 22.0. The Balaban J connectivity index is 2.15. The molecule has 0 aliphatic rings. The normalized spacial score (nSPS) is 12.5. The first-order valence-electron chi connectivity index (χ1n) is 6.26. The SMILES string of the molecule is Cc1nn(C)c(COc2ccc([C@@H](C)N)cc2F)c1Br. The van der Waals surface area contributed by atoms with Gasteiger partial charge in [-0.05, 0) is 47.5 Å². The minimum Gasteiger partial charge on any atom is -0.484 e. The van der Waals surface area contributed by atoms with Crippen molar-refractivity contribution in [2.45, 2.75) is 26.5 Å². The topological polar surface area (TPSA) is 53.1 Å². The molecule has 0 saturated carbocycles. The molecular formula is C14H17BrFN3O. The Hall–Kier alpha value is -1.40. The summed E-state index contributed by atoms with van der Waals surface area (Å²) in [6.45, 7) is 3.95. The van der Waals surface area contributed by atoms with Gasteiger partial charge in [0, 0.05) is 13.1 Å². The largest absolute Gasteiger partial charge is 0.484 e. The van der Waals surface area contributed by atoms with Crippen LogP contribution in [-0.4, -0.2) is 9.78 Å². The molecule has 4 nitrogen and oxygen atoms in total. The van der Waals surface area contributed by atoms with E-state index in [9.17, 15) is 4.39 Å². The summed E-state index contributed by atoms with van der Waals surface area (Å²) >= 11 is 3.45. The van der Waals surface area contributed by atoms with E-state index in [4.69, 9.17) is 10.5 Å². The van der Waals surface area contributed by atoms with Crippen LogP contribution in [0.15, 0.2) is 22.7 Å². The van der Waals surface area contributed by atoms with Crippen molar-refractivity contribution in [3.05, 3.63) is 45.4 Å². The maximum absolute atomic E-state index is 13.9. The molecule has 2 N–H and O–H groups in total. The van der Waals surface area contributed by atoms with Gasteiger partial charge in [-0.1, -0.05) is 6.07 Å². The van der Waals surface area contributed by atoms with Crippen molar-refractivity contribution in [1.29, 1.82) is 0 Å². The Bertz CT molecular complexity index is 625. The number of aryl methyl sites for hydroxylation is 2. The number of nitrogens with two attached hydrogens (primary N) is 1. The maximum Gasteiger partial charge on any atom is 0.165 e. The minimum absolute atomic E-state index is 0.201. The molecule has 2 rings (SSSR count). The number of nitrogens with zero attached hydrogens (tertiary/aromatic N) is 2. The van der Waals surface area contributed by atoms with Crippen LogP contribution in [0.3, 0.4) is 0 Å². The molecule has 0 amide bonds. The van der Waals surface area contributed by atoms with Crippen LogP contribution in [0, 0.1) is 12.7 Å². The number of rotatable bonds is 4. The fourth-order valence-corrected chi connectivity index (χ4v) is 2.35. The molecule has 1 aromatic carbocycles. The third kappa shape index (κ3) is 3.02. The zero-order valence-corrected chi connectivity index (χ0v) is 13.2. The third-order valence-corrected chi connectivity index (χ3v) is 4.14. The Morgan fingerprint density at radius 2 is 2.20 bits per heavy atom. The molecule has 0 aliphatic heterocycles. The van der Waals surface area contributed by atoms with Crippen molar-refractivity contribution in [3.8, 4) is 5.75 Å². The summed E-state index contributed by atoms with van der Waals surface area (Å²) in [4.78, 5) is 0. The van der Waals surface area contributed by atoms with Crippen LogP contribution in [0.5, 0.6) is 5.75 Å². The number of ether oxygens (including phenoxy) is 1. The molecule has 0 radical (unpaired) electrons. The second-order valence-electron chi connectivity index (χ2n) is 4.74. The summed E-state index contributed by atoms with van der Waals surface area (Å²) in [6.07, 6.45) is 0. The molecule has 0 unspecified atom stereocenters. The van der Waals surface area contributed by atoms with Crippen LogP contribution in [0.2, 0.25) is 0 Å². The van der Waals surface area contributed by atoms with Gasteiger partial charge in [-0.25, -0.2) is 4.39 Å². The summed E-state index contributed by atoms with van der Waals surface area (Å²) in [5.74, 6) is -0.199. The lowest BCUT2D eigenvalue weighted by Crippen LogP contribution is -2.07.